The summed E-state index contributed by atoms with van der Waals surface area (Å²) in [5.74, 6) is 4.72. The predicted molar refractivity (Wildman–Crippen MR) is 112 cm³/mol. The molecule has 142 valence electrons. The van der Waals surface area contributed by atoms with E-state index in [0.29, 0.717) is 12.6 Å². The van der Waals surface area contributed by atoms with Crippen LogP contribution in [0.5, 0.6) is 0 Å². The molecule has 2 aliphatic rings. The molecule has 1 saturated carbocycles. The van der Waals surface area contributed by atoms with Crippen molar-refractivity contribution in [2.45, 2.75) is 78.4 Å². The van der Waals surface area contributed by atoms with E-state index in [1.54, 1.807) is 0 Å². The summed E-state index contributed by atoms with van der Waals surface area (Å²) in [7, 11) is 0. The summed E-state index contributed by atoms with van der Waals surface area (Å²) < 4.78 is 2.22. The third-order valence-corrected chi connectivity index (χ3v) is 5.46. The summed E-state index contributed by atoms with van der Waals surface area (Å²) in [6.45, 7) is 9.33. The highest BCUT2D eigenvalue weighted by molar-refractivity contribution is 14.0. The van der Waals surface area contributed by atoms with Gasteiger partial charge in [-0.25, -0.2) is 4.99 Å². The van der Waals surface area contributed by atoms with Crippen LogP contribution in [0.15, 0.2) is 4.99 Å². The molecular formula is C18H33IN6. The maximum atomic E-state index is 4.75. The number of guanidine groups is 1. The average Bonchev–Trinajstić information content (AvgIpc) is 3.17. The lowest BCUT2D eigenvalue weighted by Gasteiger charge is -2.32. The van der Waals surface area contributed by atoms with Crippen LogP contribution in [0.25, 0.3) is 0 Å². The van der Waals surface area contributed by atoms with E-state index in [0.717, 1.165) is 49.0 Å². The van der Waals surface area contributed by atoms with Gasteiger partial charge in [-0.1, -0.05) is 13.8 Å². The van der Waals surface area contributed by atoms with Gasteiger partial charge in [-0.15, -0.1) is 34.2 Å². The first-order chi connectivity index (χ1) is 11.7. The zero-order valence-electron chi connectivity index (χ0n) is 15.8. The zero-order valence-corrected chi connectivity index (χ0v) is 18.1. The fraction of sp³-hybridized carbons (Fsp3) is 0.833. The molecule has 1 aromatic heterocycles. The van der Waals surface area contributed by atoms with Crippen molar-refractivity contribution < 1.29 is 0 Å². The van der Waals surface area contributed by atoms with Crippen LogP contribution in [-0.4, -0.2) is 33.3 Å². The number of aromatic nitrogens is 3. The molecule has 6 nitrogen and oxygen atoms in total. The Balaban J connectivity index is 0.00000225. The number of nitrogens with zero attached hydrogens (tertiary/aromatic N) is 4. The Bertz CT molecular complexity index is 560. The molecule has 1 fully saturated rings. The highest BCUT2D eigenvalue weighted by Gasteiger charge is 2.24. The first-order valence-electron chi connectivity index (χ1n) is 9.63. The van der Waals surface area contributed by atoms with Crippen molar-refractivity contribution >= 4 is 29.9 Å². The second-order valence-corrected chi connectivity index (χ2v) is 7.48. The number of rotatable bonds is 5. The molecule has 0 spiro atoms. The molecule has 0 unspecified atom stereocenters. The number of nitrogens with one attached hydrogen (secondary N) is 2. The van der Waals surface area contributed by atoms with Crippen LogP contribution in [0.1, 0.15) is 64.5 Å². The maximum Gasteiger partial charge on any atom is 0.191 e. The number of halogens is 1. The van der Waals surface area contributed by atoms with Gasteiger partial charge in [-0.2, -0.15) is 0 Å². The van der Waals surface area contributed by atoms with Gasteiger partial charge in [0.15, 0.2) is 11.8 Å². The van der Waals surface area contributed by atoms with Gasteiger partial charge in [0, 0.05) is 25.6 Å². The number of hydrogen-bond acceptors (Lipinski definition) is 3. The van der Waals surface area contributed by atoms with Crippen molar-refractivity contribution in [3.05, 3.63) is 11.6 Å². The normalized spacial score (nSPS) is 23.3. The molecule has 25 heavy (non-hydrogen) atoms. The molecule has 1 aliphatic heterocycles. The molecule has 1 aliphatic carbocycles. The van der Waals surface area contributed by atoms with E-state index in [2.05, 4.69) is 46.2 Å². The van der Waals surface area contributed by atoms with Gasteiger partial charge in [0.25, 0.3) is 0 Å². The van der Waals surface area contributed by atoms with Crippen LogP contribution in [0.4, 0.5) is 0 Å². The smallest absolute Gasteiger partial charge is 0.191 e. The lowest BCUT2D eigenvalue weighted by molar-refractivity contribution is 0.250. The standard InChI is InChI=1S/C18H32N6.HI/c1-4-19-18(21-15-9-7-14(8-10-15)13(2)3)20-12-17-23-22-16-6-5-11-24(16)17;/h13-15H,4-12H2,1-3H3,(H2,19,20,21);1H. The molecule has 0 bridgehead atoms. The van der Waals surface area contributed by atoms with Gasteiger partial charge in [-0.05, 0) is 50.9 Å². The molecule has 0 atom stereocenters. The second-order valence-electron chi connectivity index (χ2n) is 7.48. The van der Waals surface area contributed by atoms with E-state index in [1.807, 2.05) is 0 Å². The van der Waals surface area contributed by atoms with E-state index < -0.39 is 0 Å². The van der Waals surface area contributed by atoms with E-state index >= 15 is 0 Å². The Morgan fingerprint density at radius 1 is 1.24 bits per heavy atom. The van der Waals surface area contributed by atoms with E-state index in [1.165, 1.54) is 32.1 Å². The summed E-state index contributed by atoms with van der Waals surface area (Å²) in [5, 5.41) is 15.6. The summed E-state index contributed by atoms with van der Waals surface area (Å²) in [6.07, 6.45) is 7.37. The minimum absolute atomic E-state index is 0. The summed E-state index contributed by atoms with van der Waals surface area (Å²) in [5.41, 5.74) is 0. The molecule has 3 rings (SSSR count). The predicted octanol–water partition coefficient (Wildman–Crippen LogP) is 3.11. The number of aryl methyl sites for hydroxylation is 1. The Morgan fingerprint density at radius 3 is 2.68 bits per heavy atom. The topological polar surface area (TPSA) is 67.1 Å². The van der Waals surface area contributed by atoms with Crippen LogP contribution in [0, 0.1) is 11.8 Å². The van der Waals surface area contributed by atoms with Crippen molar-refractivity contribution in [3.63, 3.8) is 0 Å². The van der Waals surface area contributed by atoms with Crippen LogP contribution < -0.4 is 10.6 Å². The van der Waals surface area contributed by atoms with Gasteiger partial charge in [0.05, 0.1) is 0 Å². The van der Waals surface area contributed by atoms with E-state index in [4.69, 9.17) is 4.99 Å². The quantitative estimate of drug-likeness (QED) is 0.403. The van der Waals surface area contributed by atoms with E-state index in [9.17, 15) is 0 Å². The molecule has 2 heterocycles. The Kier molecular flexibility index (Phi) is 7.96. The van der Waals surface area contributed by atoms with E-state index in [-0.39, 0.29) is 24.0 Å². The number of hydrogen-bond donors (Lipinski definition) is 2. The molecule has 7 heteroatoms. The van der Waals surface area contributed by atoms with Crippen molar-refractivity contribution in [1.29, 1.82) is 0 Å². The maximum absolute atomic E-state index is 4.75. The Hall–Kier alpha value is -0.860. The third-order valence-electron chi connectivity index (χ3n) is 5.46. The summed E-state index contributed by atoms with van der Waals surface area (Å²) >= 11 is 0. The van der Waals surface area contributed by atoms with Gasteiger partial charge in [0.2, 0.25) is 0 Å². The molecule has 2 N–H and O–H groups in total. The minimum atomic E-state index is 0. The van der Waals surface area contributed by atoms with Crippen LogP contribution >= 0.6 is 24.0 Å². The lowest BCUT2D eigenvalue weighted by atomic mass is 9.80. The van der Waals surface area contributed by atoms with Crippen molar-refractivity contribution in [1.82, 2.24) is 25.4 Å². The highest BCUT2D eigenvalue weighted by atomic mass is 127. The van der Waals surface area contributed by atoms with Crippen molar-refractivity contribution in [2.24, 2.45) is 16.8 Å². The van der Waals surface area contributed by atoms with Crippen LogP contribution in [-0.2, 0) is 19.5 Å². The molecule has 0 aromatic carbocycles. The molecule has 0 radical (unpaired) electrons. The van der Waals surface area contributed by atoms with Gasteiger partial charge < -0.3 is 15.2 Å². The summed E-state index contributed by atoms with van der Waals surface area (Å²) in [6, 6.07) is 0.543. The third kappa shape index (κ3) is 5.31. The van der Waals surface area contributed by atoms with Gasteiger partial charge in [-0.3, -0.25) is 0 Å². The van der Waals surface area contributed by atoms with Crippen molar-refractivity contribution in [3.8, 4) is 0 Å². The lowest BCUT2D eigenvalue weighted by Crippen LogP contribution is -2.45. The minimum Gasteiger partial charge on any atom is -0.357 e. The Morgan fingerprint density at radius 2 is 2.00 bits per heavy atom. The second kappa shape index (κ2) is 9.73. The molecule has 0 amide bonds. The first-order valence-corrected chi connectivity index (χ1v) is 9.63. The number of aliphatic imine (C=N–C) groups is 1. The SMILES string of the molecule is CCNC(=NCc1nnc2n1CCC2)NC1CCC(C(C)C)CC1.I. The average molecular weight is 460 g/mol. The van der Waals surface area contributed by atoms with Crippen LogP contribution in [0.3, 0.4) is 0 Å². The van der Waals surface area contributed by atoms with Gasteiger partial charge in [0.1, 0.15) is 12.4 Å². The largest absolute Gasteiger partial charge is 0.357 e. The molecule has 1 aromatic rings. The monoisotopic (exact) mass is 460 g/mol. The van der Waals surface area contributed by atoms with Crippen LogP contribution in [0.2, 0.25) is 0 Å². The highest BCUT2D eigenvalue weighted by Crippen LogP contribution is 2.29. The fourth-order valence-electron chi connectivity index (χ4n) is 3.92. The molecule has 0 saturated heterocycles. The fourth-order valence-corrected chi connectivity index (χ4v) is 3.92. The zero-order chi connectivity index (χ0) is 16.9. The summed E-state index contributed by atoms with van der Waals surface area (Å²) in [4.78, 5) is 4.75. The van der Waals surface area contributed by atoms with Gasteiger partial charge >= 0.3 is 0 Å². The first kappa shape index (κ1) is 20.5. The Labute approximate surface area is 168 Å². The van der Waals surface area contributed by atoms with Crippen molar-refractivity contribution in [2.75, 3.05) is 6.54 Å². The molecular weight excluding hydrogens is 427 g/mol. The number of fused-ring (bicyclic) bond motifs is 1.